The summed E-state index contributed by atoms with van der Waals surface area (Å²) in [5.74, 6) is -0.120. The smallest absolute Gasteiger partial charge is 0.325 e. The van der Waals surface area contributed by atoms with E-state index < -0.39 is 29.8 Å². The molecular formula is C21H19N3O5. The van der Waals surface area contributed by atoms with E-state index in [9.17, 15) is 14.4 Å². The van der Waals surface area contributed by atoms with E-state index in [1.165, 1.54) is 20.3 Å². The summed E-state index contributed by atoms with van der Waals surface area (Å²) in [4.78, 5) is 39.0. The summed E-state index contributed by atoms with van der Waals surface area (Å²) in [7, 11) is 2.93. The number of hydrogen-bond donors (Lipinski definition) is 1. The van der Waals surface area contributed by atoms with Gasteiger partial charge in [-0.1, -0.05) is 12.1 Å². The molecule has 0 spiro atoms. The quantitative estimate of drug-likeness (QED) is 0.595. The van der Waals surface area contributed by atoms with Gasteiger partial charge in [-0.2, -0.15) is 5.26 Å². The average Bonchev–Trinajstić information content (AvgIpc) is 2.97. The lowest BCUT2D eigenvalue weighted by Gasteiger charge is -2.22. The molecule has 29 heavy (non-hydrogen) atoms. The second-order valence-electron chi connectivity index (χ2n) is 6.63. The van der Waals surface area contributed by atoms with Crippen LogP contribution < -0.4 is 14.8 Å². The van der Waals surface area contributed by atoms with Crippen molar-refractivity contribution in [2.45, 2.75) is 12.5 Å². The zero-order valence-electron chi connectivity index (χ0n) is 16.2. The molecule has 3 rings (SSSR count). The number of nitrogens with one attached hydrogen (secondary N) is 1. The molecule has 0 radical (unpaired) electrons. The van der Waals surface area contributed by atoms with Crippen molar-refractivity contribution in [2.24, 2.45) is 0 Å². The number of rotatable bonds is 6. The fraction of sp³-hybridized carbons (Fsp3) is 0.238. The van der Waals surface area contributed by atoms with Crippen LogP contribution in [0.25, 0.3) is 0 Å². The average molecular weight is 393 g/mol. The first-order valence-electron chi connectivity index (χ1n) is 8.74. The molecule has 1 unspecified atom stereocenters. The Morgan fingerprint density at radius 3 is 2.34 bits per heavy atom. The molecule has 1 N–H and O–H groups in total. The van der Waals surface area contributed by atoms with Crippen LogP contribution in [0, 0.1) is 11.3 Å². The Labute approximate surface area is 167 Å². The van der Waals surface area contributed by atoms with E-state index >= 15 is 0 Å². The number of hydrogen-bond acceptors (Lipinski definition) is 6. The monoisotopic (exact) mass is 393 g/mol. The molecular weight excluding hydrogens is 374 g/mol. The molecule has 0 aliphatic carbocycles. The summed E-state index contributed by atoms with van der Waals surface area (Å²) in [6.45, 7) is 1.15. The van der Waals surface area contributed by atoms with Gasteiger partial charge in [-0.25, -0.2) is 4.79 Å². The molecule has 0 bridgehead atoms. The molecule has 8 heteroatoms. The minimum atomic E-state index is -1.32. The Bertz CT molecular complexity index is 1030. The van der Waals surface area contributed by atoms with Crippen LogP contribution >= 0.6 is 0 Å². The number of urea groups is 1. The molecule has 8 nitrogen and oxygen atoms in total. The molecule has 3 amide bonds. The summed E-state index contributed by atoms with van der Waals surface area (Å²) < 4.78 is 10.3. The van der Waals surface area contributed by atoms with Crippen LogP contribution in [0.15, 0.2) is 42.5 Å². The Morgan fingerprint density at radius 1 is 1.10 bits per heavy atom. The van der Waals surface area contributed by atoms with E-state index in [-0.39, 0.29) is 5.56 Å². The van der Waals surface area contributed by atoms with Crippen LogP contribution in [0.2, 0.25) is 0 Å². The van der Waals surface area contributed by atoms with Crippen LogP contribution in [0.1, 0.15) is 28.4 Å². The third-order valence-corrected chi connectivity index (χ3v) is 4.87. The van der Waals surface area contributed by atoms with Crippen LogP contribution in [0.5, 0.6) is 11.5 Å². The van der Waals surface area contributed by atoms with Gasteiger partial charge in [0, 0.05) is 5.56 Å². The van der Waals surface area contributed by atoms with Crippen molar-refractivity contribution in [2.75, 3.05) is 20.8 Å². The summed E-state index contributed by atoms with van der Waals surface area (Å²) in [5, 5.41) is 11.6. The van der Waals surface area contributed by atoms with Crippen LogP contribution in [0.4, 0.5) is 4.79 Å². The molecule has 1 fully saturated rings. The molecule has 0 saturated carbocycles. The number of imide groups is 1. The fourth-order valence-electron chi connectivity index (χ4n) is 3.16. The highest BCUT2D eigenvalue weighted by Gasteiger charge is 2.49. The number of benzene rings is 2. The second-order valence-corrected chi connectivity index (χ2v) is 6.63. The van der Waals surface area contributed by atoms with E-state index in [1.54, 1.807) is 43.3 Å². The number of nitriles is 1. The first-order chi connectivity index (χ1) is 13.8. The number of nitrogens with zero attached hydrogens (tertiary/aromatic N) is 2. The van der Waals surface area contributed by atoms with E-state index in [4.69, 9.17) is 14.7 Å². The SMILES string of the molecule is COc1ccc(C(=O)CN2C(=O)NC(C)(c3ccc(C#N)cc3)C2=O)cc1OC. The molecule has 148 valence electrons. The normalized spacial score (nSPS) is 18.2. The van der Waals surface area contributed by atoms with Crippen molar-refractivity contribution >= 4 is 17.7 Å². The number of ether oxygens (including phenoxy) is 2. The zero-order valence-corrected chi connectivity index (χ0v) is 16.2. The van der Waals surface area contributed by atoms with Gasteiger partial charge in [0.2, 0.25) is 0 Å². The third kappa shape index (κ3) is 3.50. The minimum Gasteiger partial charge on any atom is -0.493 e. The molecule has 1 heterocycles. The number of ketones is 1. The molecule has 1 saturated heterocycles. The largest absolute Gasteiger partial charge is 0.493 e. The van der Waals surface area contributed by atoms with Gasteiger partial charge in [0.15, 0.2) is 17.3 Å². The first kappa shape index (κ1) is 19.9. The standard InChI is InChI=1S/C21H19N3O5/c1-21(15-7-4-13(11-22)5-8-15)19(26)24(20(27)23-21)12-16(25)14-6-9-17(28-2)18(10-14)29-3/h4-10H,12H2,1-3H3,(H,23,27). The number of carbonyl (C=O) groups is 3. The van der Waals surface area contributed by atoms with Crippen LogP contribution in [0.3, 0.4) is 0 Å². The Kier molecular flexibility index (Phi) is 5.24. The molecule has 2 aromatic rings. The second kappa shape index (κ2) is 7.64. The Hall–Kier alpha value is -3.86. The Balaban J connectivity index is 1.83. The van der Waals surface area contributed by atoms with Gasteiger partial charge >= 0.3 is 6.03 Å². The van der Waals surface area contributed by atoms with Crippen LogP contribution in [-0.4, -0.2) is 43.4 Å². The van der Waals surface area contributed by atoms with Gasteiger partial charge in [-0.3, -0.25) is 14.5 Å². The zero-order chi connectivity index (χ0) is 21.2. The van der Waals surface area contributed by atoms with Crippen molar-refractivity contribution in [1.82, 2.24) is 10.2 Å². The lowest BCUT2D eigenvalue weighted by molar-refractivity contribution is -0.130. The lowest BCUT2D eigenvalue weighted by Crippen LogP contribution is -2.41. The molecule has 1 aliphatic heterocycles. The molecule has 0 aromatic heterocycles. The topological polar surface area (TPSA) is 109 Å². The predicted molar refractivity (Wildman–Crippen MR) is 103 cm³/mol. The van der Waals surface area contributed by atoms with Crippen molar-refractivity contribution in [1.29, 1.82) is 5.26 Å². The van der Waals surface area contributed by atoms with Crippen molar-refractivity contribution in [3.63, 3.8) is 0 Å². The number of carbonyl (C=O) groups excluding carboxylic acids is 3. The first-order valence-corrected chi connectivity index (χ1v) is 8.74. The van der Waals surface area contributed by atoms with Crippen molar-refractivity contribution < 1.29 is 23.9 Å². The predicted octanol–water partition coefficient (Wildman–Crippen LogP) is 2.23. The fourth-order valence-corrected chi connectivity index (χ4v) is 3.16. The molecule has 2 aromatic carbocycles. The summed E-state index contributed by atoms with van der Waals surface area (Å²) in [6.07, 6.45) is 0. The molecule has 1 atom stereocenters. The number of amides is 3. The van der Waals surface area contributed by atoms with Gasteiger partial charge < -0.3 is 14.8 Å². The van der Waals surface area contributed by atoms with Gasteiger partial charge in [0.25, 0.3) is 5.91 Å². The number of Topliss-reactive ketones (excluding diaryl/α,β-unsaturated/α-hetero) is 1. The highest BCUT2D eigenvalue weighted by atomic mass is 16.5. The van der Waals surface area contributed by atoms with Gasteiger partial charge in [-0.05, 0) is 42.8 Å². The summed E-state index contributed by atoms with van der Waals surface area (Å²) >= 11 is 0. The maximum absolute atomic E-state index is 13.0. The number of methoxy groups -OCH3 is 2. The molecule has 1 aliphatic rings. The third-order valence-electron chi connectivity index (χ3n) is 4.87. The maximum atomic E-state index is 13.0. The summed E-state index contributed by atoms with van der Waals surface area (Å²) in [5.41, 5.74) is -0.0658. The minimum absolute atomic E-state index is 0.287. The summed E-state index contributed by atoms with van der Waals surface area (Å²) in [6, 6.07) is 12.3. The van der Waals surface area contributed by atoms with Crippen LogP contribution in [-0.2, 0) is 10.3 Å². The van der Waals surface area contributed by atoms with Gasteiger partial charge in [0.1, 0.15) is 5.54 Å². The van der Waals surface area contributed by atoms with E-state index in [2.05, 4.69) is 5.32 Å². The van der Waals surface area contributed by atoms with E-state index in [1.807, 2.05) is 6.07 Å². The lowest BCUT2D eigenvalue weighted by atomic mass is 9.91. The highest BCUT2D eigenvalue weighted by Crippen LogP contribution is 2.30. The highest BCUT2D eigenvalue weighted by molar-refractivity contribution is 6.11. The van der Waals surface area contributed by atoms with Gasteiger partial charge in [-0.15, -0.1) is 0 Å². The van der Waals surface area contributed by atoms with E-state index in [0.717, 1.165) is 4.90 Å². The van der Waals surface area contributed by atoms with E-state index in [0.29, 0.717) is 22.6 Å². The van der Waals surface area contributed by atoms with Gasteiger partial charge in [0.05, 0.1) is 32.4 Å². The van der Waals surface area contributed by atoms with Crippen molar-refractivity contribution in [3.8, 4) is 17.6 Å². The maximum Gasteiger partial charge on any atom is 0.325 e. The van der Waals surface area contributed by atoms with Crippen molar-refractivity contribution in [3.05, 3.63) is 59.2 Å². The Morgan fingerprint density at radius 2 is 1.76 bits per heavy atom.